The van der Waals surface area contributed by atoms with Crippen LogP contribution in [0, 0.1) is 5.41 Å². The van der Waals surface area contributed by atoms with Crippen molar-refractivity contribution >= 4 is 11.7 Å². The lowest BCUT2D eigenvalue weighted by Gasteiger charge is -2.25. The summed E-state index contributed by atoms with van der Waals surface area (Å²) in [6, 6.07) is 5.52. The Hall–Kier alpha value is -2.11. The molecule has 0 aromatic carbocycles. The maximum Gasteiger partial charge on any atom is 0.234 e. The van der Waals surface area contributed by atoms with Gasteiger partial charge < -0.3 is 16.3 Å². The number of carbonyl (C=O) groups excluding carboxylic acids is 1. The Morgan fingerprint density at radius 3 is 2.79 bits per heavy atom. The van der Waals surface area contributed by atoms with Crippen molar-refractivity contribution in [3.8, 4) is 0 Å². The predicted molar refractivity (Wildman–Crippen MR) is 70.4 cm³/mol. The molecule has 1 aliphatic carbocycles. The number of rotatable bonds is 4. The van der Waals surface area contributed by atoms with Crippen molar-refractivity contribution in [3.05, 3.63) is 30.1 Å². The summed E-state index contributed by atoms with van der Waals surface area (Å²) in [5.41, 5.74) is 5.63. The van der Waals surface area contributed by atoms with Crippen LogP contribution in [0.3, 0.4) is 0 Å². The van der Waals surface area contributed by atoms with E-state index in [1.165, 1.54) is 0 Å². The predicted octanol–water partition coefficient (Wildman–Crippen LogP) is 1.00. The number of aromatic nitrogens is 1. The van der Waals surface area contributed by atoms with Crippen molar-refractivity contribution in [3.63, 3.8) is 0 Å². The minimum atomic E-state index is -0.858. The zero-order valence-corrected chi connectivity index (χ0v) is 10.7. The van der Waals surface area contributed by atoms with E-state index in [1.54, 1.807) is 6.20 Å². The summed E-state index contributed by atoms with van der Waals surface area (Å²) in [7, 11) is 0. The van der Waals surface area contributed by atoms with Gasteiger partial charge in [0.25, 0.3) is 0 Å². The third kappa shape index (κ3) is 2.67. The quantitative estimate of drug-likeness (QED) is 0.326. The first-order valence-electron chi connectivity index (χ1n) is 6.35. The Kier molecular flexibility index (Phi) is 3.99. The summed E-state index contributed by atoms with van der Waals surface area (Å²) in [6.45, 7) is 0.347. The Morgan fingerprint density at radius 1 is 1.47 bits per heavy atom. The molecule has 0 spiro atoms. The van der Waals surface area contributed by atoms with E-state index in [4.69, 9.17) is 10.9 Å². The van der Waals surface area contributed by atoms with Gasteiger partial charge in [0.1, 0.15) is 5.41 Å². The van der Waals surface area contributed by atoms with Crippen molar-refractivity contribution in [1.29, 1.82) is 0 Å². The maximum atomic E-state index is 12.3. The highest BCUT2D eigenvalue weighted by Crippen LogP contribution is 2.38. The molecule has 0 unspecified atom stereocenters. The number of nitrogens with one attached hydrogen (secondary N) is 1. The molecule has 0 radical (unpaired) electrons. The summed E-state index contributed by atoms with van der Waals surface area (Å²) < 4.78 is 0. The fourth-order valence-electron chi connectivity index (χ4n) is 2.52. The second-order valence-electron chi connectivity index (χ2n) is 4.78. The van der Waals surface area contributed by atoms with Crippen LogP contribution in [0.4, 0.5) is 0 Å². The van der Waals surface area contributed by atoms with Gasteiger partial charge in [0, 0.05) is 6.20 Å². The average molecular weight is 262 g/mol. The van der Waals surface area contributed by atoms with Gasteiger partial charge in [-0.25, -0.2) is 0 Å². The Bertz CT molecular complexity index is 467. The van der Waals surface area contributed by atoms with Crippen LogP contribution in [0.5, 0.6) is 0 Å². The van der Waals surface area contributed by atoms with Gasteiger partial charge in [-0.05, 0) is 25.0 Å². The van der Waals surface area contributed by atoms with Crippen molar-refractivity contribution in [2.45, 2.75) is 32.2 Å². The lowest BCUT2D eigenvalue weighted by Crippen LogP contribution is -2.48. The molecule has 1 saturated carbocycles. The molecule has 1 aromatic rings. The molecule has 1 fully saturated rings. The second-order valence-corrected chi connectivity index (χ2v) is 4.78. The minimum absolute atomic E-state index is 0.00326. The molecule has 0 aliphatic heterocycles. The van der Waals surface area contributed by atoms with Crippen LogP contribution in [0.15, 0.2) is 29.6 Å². The van der Waals surface area contributed by atoms with Crippen molar-refractivity contribution < 1.29 is 10.0 Å². The van der Waals surface area contributed by atoms with E-state index in [-0.39, 0.29) is 11.7 Å². The van der Waals surface area contributed by atoms with E-state index in [0.29, 0.717) is 19.4 Å². The van der Waals surface area contributed by atoms with Crippen LogP contribution in [0.2, 0.25) is 0 Å². The molecule has 1 heterocycles. The van der Waals surface area contributed by atoms with E-state index in [1.807, 2.05) is 18.2 Å². The van der Waals surface area contributed by atoms with Gasteiger partial charge in [-0.2, -0.15) is 0 Å². The average Bonchev–Trinajstić information content (AvgIpc) is 2.96. The van der Waals surface area contributed by atoms with Crippen LogP contribution >= 0.6 is 0 Å². The molecular formula is C13H18N4O2. The number of hydrogen-bond acceptors (Lipinski definition) is 4. The number of oxime groups is 1. The highest BCUT2D eigenvalue weighted by Gasteiger charge is 2.45. The number of nitrogens with zero attached hydrogens (tertiary/aromatic N) is 2. The van der Waals surface area contributed by atoms with Crippen LogP contribution in [0.25, 0.3) is 0 Å². The monoisotopic (exact) mass is 262 g/mol. The van der Waals surface area contributed by atoms with Crippen LogP contribution in [0.1, 0.15) is 31.4 Å². The van der Waals surface area contributed by atoms with E-state index < -0.39 is 5.41 Å². The van der Waals surface area contributed by atoms with Gasteiger partial charge in [-0.3, -0.25) is 9.78 Å². The molecule has 6 nitrogen and oxygen atoms in total. The first kappa shape index (κ1) is 13.3. The zero-order chi connectivity index (χ0) is 13.7. The third-order valence-electron chi connectivity index (χ3n) is 3.65. The largest absolute Gasteiger partial charge is 0.409 e. The van der Waals surface area contributed by atoms with Gasteiger partial charge in [0.15, 0.2) is 5.84 Å². The summed E-state index contributed by atoms with van der Waals surface area (Å²) in [5.74, 6) is -0.186. The molecule has 0 atom stereocenters. The number of nitrogens with two attached hydrogens (primary N) is 1. The topological polar surface area (TPSA) is 101 Å². The molecule has 1 aromatic heterocycles. The molecule has 2 rings (SSSR count). The van der Waals surface area contributed by atoms with Crippen LogP contribution in [-0.2, 0) is 11.3 Å². The Labute approximate surface area is 111 Å². The molecular weight excluding hydrogens is 244 g/mol. The van der Waals surface area contributed by atoms with Gasteiger partial charge in [0.2, 0.25) is 5.91 Å². The number of amidine groups is 1. The van der Waals surface area contributed by atoms with Crippen molar-refractivity contribution in [2.75, 3.05) is 0 Å². The zero-order valence-electron chi connectivity index (χ0n) is 10.7. The summed E-state index contributed by atoms with van der Waals surface area (Å²) in [4.78, 5) is 16.5. The van der Waals surface area contributed by atoms with Gasteiger partial charge in [-0.1, -0.05) is 24.1 Å². The first-order chi connectivity index (χ1) is 9.19. The number of carbonyl (C=O) groups is 1. The molecule has 1 aliphatic rings. The van der Waals surface area contributed by atoms with Crippen molar-refractivity contribution in [1.82, 2.24) is 10.3 Å². The number of pyridine rings is 1. The highest BCUT2D eigenvalue weighted by molar-refractivity contribution is 6.06. The van der Waals surface area contributed by atoms with Gasteiger partial charge in [0.05, 0.1) is 12.2 Å². The molecule has 102 valence electrons. The second kappa shape index (κ2) is 5.69. The fourth-order valence-corrected chi connectivity index (χ4v) is 2.52. The minimum Gasteiger partial charge on any atom is -0.409 e. The van der Waals surface area contributed by atoms with Crippen molar-refractivity contribution in [2.24, 2.45) is 16.3 Å². The highest BCUT2D eigenvalue weighted by atomic mass is 16.4. The number of hydrogen-bond donors (Lipinski definition) is 3. The molecule has 0 saturated heterocycles. The summed E-state index contributed by atoms with van der Waals surface area (Å²) in [6.07, 6.45) is 4.74. The smallest absolute Gasteiger partial charge is 0.234 e. The third-order valence-corrected chi connectivity index (χ3v) is 3.65. The lowest BCUT2D eigenvalue weighted by atomic mass is 9.84. The van der Waals surface area contributed by atoms with Crippen LogP contribution < -0.4 is 11.1 Å². The molecule has 4 N–H and O–H groups in total. The lowest BCUT2D eigenvalue weighted by molar-refractivity contribution is -0.127. The SMILES string of the molecule is NC(=NO)C1(C(=O)NCc2ccccn2)CCCC1. The molecule has 0 bridgehead atoms. The van der Waals surface area contributed by atoms with Crippen LogP contribution in [-0.4, -0.2) is 21.9 Å². The maximum absolute atomic E-state index is 12.3. The standard InChI is InChI=1S/C13H18N4O2/c14-11(17-19)13(6-2-3-7-13)12(18)16-9-10-5-1-4-8-15-10/h1,4-5,8,19H,2-3,6-7,9H2,(H2,14,17)(H,16,18). The molecule has 19 heavy (non-hydrogen) atoms. The molecule has 6 heteroatoms. The Balaban J connectivity index is 2.05. The van der Waals surface area contributed by atoms with E-state index >= 15 is 0 Å². The van der Waals surface area contributed by atoms with E-state index in [0.717, 1.165) is 18.5 Å². The first-order valence-corrected chi connectivity index (χ1v) is 6.35. The number of amides is 1. The van der Waals surface area contributed by atoms with Gasteiger partial charge >= 0.3 is 0 Å². The normalized spacial score (nSPS) is 18.2. The fraction of sp³-hybridized carbons (Fsp3) is 0.462. The Morgan fingerprint density at radius 2 is 2.21 bits per heavy atom. The summed E-state index contributed by atoms with van der Waals surface area (Å²) in [5, 5.41) is 14.7. The molecule has 1 amide bonds. The van der Waals surface area contributed by atoms with E-state index in [9.17, 15) is 4.79 Å². The van der Waals surface area contributed by atoms with E-state index in [2.05, 4.69) is 15.5 Å². The summed E-state index contributed by atoms with van der Waals surface area (Å²) >= 11 is 0. The van der Waals surface area contributed by atoms with Gasteiger partial charge in [-0.15, -0.1) is 0 Å².